The third-order valence-electron chi connectivity index (χ3n) is 4.15. The van der Waals surface area contributed by atoms with E-state index >= 15 is 0 Å². The molecule has 0 saturated heterocycles. The van der Waals surface area contributed by atoms with Gasteiger partial charge in [0.25, 0.3) is 5.91 Å². The number of hydrogen-bond donors (Lipinski definition) is 1. The number of aliphatic imine (C=N–C) groups is 2. The van der Waals surface area contributed by atoms with E-state index in [0.717, 1.165) is 5.56 Å². The molecule has 0 aromatic heterocycles. The molecule has 0 aliphatic carbocycles. The number of aliphatic hydroxyl groups is 1. The molecule has 0 spiro atoms. The number of carbonyl (C=O) groups excluding carboxylic acids is 2. The highest BCUT2D eigenvalue weighted by Gasteiger charge is 2.30. The summed E-state index contributed by atoms with van der Waals surface area (Å²) < 4.78 is 5.04. The fourth-order valence-corrected chi connectivity index (χ4v) is 2.88. The van der Waals surface area contributed by atoms with Crippen molar-refractivity contribution in [3.63, 3.8) is 0 Å². The van der Waals surface area contributed by atoms with Crippen LogP contribution in [0.25, 0.3) is 6.08 Å². The average molecular weight is 388 g/mol. The molecule has 1 N–H and O–H groups in total. The monoisotopic (exact) mass is 388 g/mol. The van der Waals surface area contributed by atoms with E-state index in [1.165, 1.54) is 13.0 Å². The van der Waals surface area contributed by atoms with Crippen molar-refractivity contribution in [2.45, 2.75) is 13.8 Å². The molecule has 0 unspecified atom stereocenters. The quantitative estimate of drug-likeness (QED) is 0.478. The molecule has 146 valence electrons. The van der Waals surface area contributed by atoms with Gasteiger partial charge in [0.05, 0.1) is 12.3 Å². The average Bonchev–Trinajstić information content (AvgIpc) is 3.05. The first-order valence-electron chi connectivity index (χ1n) is 9.12. The van der Waals surface area contributed by atoms with Crippen LogP contribution in [0.15, 0.2) is 82.0 Å². The Morgan fingerprint density at radius 1 is 1.07 bits per heavy atom. The fraction of sp³-hybridized carbons (Fsp3) is 0.130. The Hall–Kier alpha value is -3.80. The van der Waals surface area contributed by atoms with E-state index in [4.69, 9.17) is 4.74 Å². The number of amides is 1. The summed E-state index contributed by atoms with van der Waals surface area (Å²) >= 11 is 0. The highest BCUT2D eigenvalue weighted by Crippen LogP contribution is 2.25. The number of fused-ring (bicyclic) bond motifs is 1. The van der Waals surface area contributed by atoms with E-state index in [2.05, 4.69) is 9.98 Å². The number of ether oxygens (including phenoxy) is 1. The second-order valence-corrected chi connectivity index (χ2v) is 6.20. The zero-order chi connectivity index (χ0) is 20.8. The molecule has 3 rings (SSSR count). The number of hydrogen-bond acceptors (Lipinski definition) is 4. The lowest BCUT2D eigenvalue weighted by Crippen LogP contribution is -2.18. The molecule has 0 atom stereocenters. The molecule has 6 heteroatoms. The van der Waals surface area contributed by atoms with E-state index in [0.29, 0.717) is 11.1 Å². The fourth-order valence-electron chi connectivity index (χ4n) is 2.88. The summed E-state index contributed by atoms with van der Waals surface area (Å²) in [6.07, 6.45) is 3.03. The molecule has 1 amide bonds. The van der Waals surface area contributed by atoms with Crippen LogP contribution in [0.1, 0.15) is 30.5 Å². The molecule has 1 aliphatic rings. The third kappa shape index (κ3) is 4.55. The highest BCUT2D eigenvalue weighted by molar-refractivity contribution is 6.36. The molecule has 2 aromatic rings. The van der Waals surface area contributed by atoms with E-state index in [1.807, 2.05) is 30.3 Å². The van der Waals surface area contributed by atoms with Gasteiger partial charge in [-0.2, -0.15) is 4.99 Å². The van der Waals surface area contributed by atoms with Crippen LogP contribution in [0.3, 0.4) is 0 Å². The van der Waals surface area contributed by atoms with E-state index < -0.39 is 11.9 Å². The van der Waals surface area contributed by atoms with Crippen LogP contribution in [0, 0.1) is 0 Å². The number of esters is 1. The van der Waals surface area contributed by atoms with Crippen molar-refractivity contribution in [2.24, 2.45) is 9.98 Å². The summed E-state index contributed by atoms with van der Waals surface area (Å²) in [5.41, 5.74) is 2.27. The van der Waals surface area contributed by atoms with Crippen molar-refractivity contribution < 1.29 is 19.4 Å². The van der Waals surface area contributed by atoms with Crippen molar-refractivity contribution in [1.82, 2.24) is 0 Å². The Balaban J connectivity index is 1.98. The third-order valence-corrected chi connectivity index (χ3v) is 4.15. The summed E-state index contributed by atoms with van der Waals surface area (Å²) in [7, 11) is 0. The second kappa shape index (κ2) is 8.93. The van der Waals surface area contributed by atoms with Crippen molar-refractivity contribution in [3.8, 4) is 0 Å². The van der Waals surface area contributed by atoms with Gasteiger partial charge in [0.15, 0.2) is 5.84 Å². The standard InChI is InChI=1S/C23H20N2O4/c1-3-29-23(28)20(15(2)26)21-17-11-7-8-12-18(17)22(25-21)24-19(27)14-13-16-9-5-4-6-10-16/h4-14,26H,3H2,1-2H3/b14-13+,20-15-,24-22?. The summed E-state index contributed by atoms with van der Waals surface area (Å²) in [6.45, 7) is 3.23. The lowest BCUT2D eigenvalue weighted by Gasteiger charge is -2.08. The van der Waals surface area contributed by atoms with Gasteiger partial charge in [0.1, 0.15) is 11.3 Å². The Morgan fingerprint density at radius 2 is 1.72 bits per heavy atom. The number of amidine groups is 1. The highest BCUT2D eigenvalue weighted by atomic mass is 16.5. The van der Waals surface area contributed by atoms with Gasteiger partial charge in [-0.3, -0.25) is 4.79 Å². The first kappa shape index (κ1) is 19.9. The maximum atomic E-state index is 12.3. The molecule has 1 heterocycles. The van der Waals surface area contributed by atoms with Crippen molar-refractivity contribution >= 4 is 29.5 Å². The number of rotatable bonds is 5. The number of aliphatic hydroxyl groups excluding tert-OH is 1. The largest absolute Gasteiger partial charge is 0.512 e. The Morgan fingerprint density at radius 3 is 2.38 bits per heavy atom. The van der Waals surface area contributed by atoms with Crippen LogP contribution in [0.2, 0.25) is 0 Å². The topological polar surface area (TPSA) is 88.3 Å². The van der Waals surface area contributed by atoms with Crippen LogP contribution >= 0.6 is 0 Å². The van der Waals surface area contributed by atoms with Gasteiger partial charge in [0, 0.05) is 17.2 Å². The first-order chi connectivity index (χ1) is 14.0. The maximum absolute atomic E-state index is 12.3. The van der Waals surface area contributed by atoms with Crippen molar-refractivity contribution in [1.29, 1.82) is 0 Å². The van der Waals surface area contributed by atoms with Gasteiger partial charge in [-0.1, -0.05) is 54.6 Å². The number of benzene rings is 2. The normalized spacial score (nSPS) is 15.1. The van der Waals surface area contributed by atoms with Gasteiger partial charge in [-0.05, 0) is 25.5 Å². The summed E-state index contributed by atoms with van der Waals surface area (Å²) in [5, 5.41) is 10.1. The Bertz CT molecular complexity index is 1060. The molecule has 1 aliphatic heterocycles. The molecule has 0 saturated carbocycles. The zero-order valence-corrected chi connectivity index (χ0v) is 16.1. The van der Waals surface area contributed by atoms with E-state index in [-0.39, 0.29) is 29.5 Å². The van der Waals surface area contributed by atoms with Gasteiger partial charge >= 0.3 is 5.97 Å². The van der Waals surface area contributed by atoms with Crippen LogP contribution < -0.4 is 0 Å². The zero-order valence-electron chi connectivity index (χ0n) is 16.1. The Labute approximate surface area is 168 Å². The van der Waals surface area contributed by atoms with Crippen molar-refractivity contribution in [2.75, 3.05) is 6.61 Å². The summed E-state index contributed by atoms with van der Waals surface area (Å²) in [4.78, 5) is 33.1. The molecule has 29 heavy (non-hydrogen) atoms. The Kier molecular flexibility index (Phi) is 6.14. The van der Waals surface area contributed by atoms with Crippen LogP contribution in [-0.4, -0.2) is 35.1 Å². The number of nitrogens with zero attached hydrogens (tertiary/aromatic N) is 2. The lowest BCUT2D eigenvalue weighted by atomic mass is 9.99. The van der Waals surface area contributed by atoms with E-state index in [9.17, 15) is 14.7 Å². The number of carbonyl (C=O) groups is 2. The van der Waals surface area contributed by atoms with Crippen LogP contribution in [0.5, 0.6) is 0 Å². The predicted octanol–water partition coefficient (Wildman–Crippen LogP) is 3.87. The molecule has 2 aromatic carbocycles. The predicted molar refractivity (Wildman–Crippen MR) is 112 cm³/mol. The molecule has 0 fully saturated rings. The second-order valence-electron chi connectivity index (χ2n) is 6.20. The maximum Gasteiger partial charge on any atom is 0.343 e. The smallest absolute Gasteiger partial charge is 0.343 e. The lowest BCUT2D eigenvalue weighted by molar-refractivity contribution is -0.138. The van der Waals surface area contributed by atoms with E-state index in [1.54, 1.807) is 37.3 Å². The molecular weight excluding hydrogens is 368 g/mol. The van der Waals surface area contributed by atoms with Gasteiger partial charge in [0.2, 0.25) is 0 Å². The minimum absolute atomic E-state index is 0.0447. The minimum Gasteiger partial charge on any atom is -0.512 e. The molecular formula is C23H20N2O4. The van der Waals surface area contributed by atoms with Gasteiger partial charge in [-0.25, -0.2) is 9.79 Å². The molecule has 0 bridgehead atoms. The minimum atomic E-state index is -0.683. The first-order valence-corrected chi connectivity index (χ1v) is 9.12. The molecule has 0 radical (unpaired) electrons. The van der Waals surface area contributed by atoms with Crippen LogP contribution in [-0.2, 0) is 14.3 Å². The number of allylic oxidation sites excluding steroid dienone is 1. The summed E-state index contributed by atoms with van der Waals surface area (Å²) in [5.74, 6) is -1.20. The van der Waals surface area contributed by atoms with Gasteiger partial charge < -0.3 is 9.84 Å². The molecule has 6 nitrogen and oxygen atoms in total. The summed E-state index contributed by atoms with van der Waals surface area (Å²) in [6, 6.07) is 16.5. The van der Waals surface area contributed by atoms with Crippen molar-refractivity contribution in [3.05, 3.63) is 88.7 Å². The van der Waals surface area contributed by atoms with Gasteiger partial charge in [-0.15, -0.1) is 0 Å². The SMILES string of the molecule is CCOC(=O)/C(C1=NC(=NC(=O)/C=C/c2ccccc2)c2ccccc21)=C(/C)O. The van der Waals surface area contributed by atoms with Crippen LogP contribution in [0.4, 0.5) is 0 Å².